The number of nitriles is 1. The van der Waals surface area contributed by atoms with Gasteiger partial charge in [-0.1, -0.05) is 6.42 Å². The maximum absolute atomic E-state index is 13.5. The number of benzene rings is 1. The third kappa shape index (κ3) is 4.64. The number of ether oxygens (including phenoxy) is 1. The van der Waals surface area contributed by atoms with Gasteiger partial charge in [0.25, 0.3) is 0 Å². The molecule has 200 valence electrons. The van der Waals surface area contributed by atoms with Crippen LogP contribution in [0.5, 0.6) is 11.8 Å². The van der Waals surface area contributed by atoms with Crippen molar-refractivity contribution in [2.45, 2.75) is 56.9 Å². The molecule has 0 aliphatic carbocycles. The van der Waals surface area contributed by atoms with Crippen LogP contribution in [-0.2, 0) is 26.9 Å². The number of hydrogen-bond acceptors (Lipinski definition) is 6. The van der Waals surface area contributed by atoms with Crippen LogP contribution in [0.3, 0.4) is 0 Å². The lowest BCUT2D eigenvalue weighted by Gasteiger charge is -2.44. The Morgan fingerprint density at radius 1 is 1.11 bits per heavy atom. The zero-order chi connectivity index (χ0) is 27.3. The molecular formula is C26H31F3N4O4. The van der Waals surface area contributed by atoms with E-state index in [2.05, 4.69) is 4.90 Å². The third-order valence-corrected chi connectivity index (χ3v) is 7.23. The molecule has 1 aromatic heterocycles. The van der Waals surface area contributed by atoms with E-state index in [4.69, 9.17) is 10.00 Å². The minimum atomic E-state index is -4.78. The highest BCUT2D eigenvalue weighted by Gasteiger charge is 2.58. The van der Waals surface area contributed by atoms with E-state index in [1.54, 1.807) is 32.8 Å². The van der Waals surface area contributed by atoms with Crippen molar-refractivity contribution in [1.82, 2.24) is 14.4 Å². The molecule has 2 unspecified atom stereocenters. The fourth-order valence-corrected chi connectivity index (χ4v) is 5.70. The van der Waals surface area contributed by atoms with Crippen LogP contribution in [0.2, 0.25) is 0 Å². The van der Waals surface area contributed by atoms with Crippen LogP contribution in [0.1, 0.15) is 61.8 Å². The van der Waals surface area contributed by atoms with Crippen molar-refractivity contribution in [1.29, 1.82) is 5.26 Å². The molecule has 2 atom stereocenters. The first-order valence-corrected chi connectivity index (χ1v) is 12.1. The van der Waals surface area contributed by atoms with E-state index in [9.17, 15) is 28.2 Å². The summed E-state index contributed by atoms with van der Waals surface area (Å²) >= 11 is 0. The highest BCUT2D eigenvalue weighted by molar-refractivity contribution is 5.75. The number of carbonyl (C=O) groups is 1. The van der Waals surface area contributed by atoms with E-state index in [0.717, 1.165) is 42.5 Å². The number of hydrogen-bond donors (Lipinski definition) is 2. The SMILES string of the molecule is CN(C)C(=O)CCCCCN1CC2(C)OC(C)(C1)c1c2c(O)n(-c2ccc(C#N)c(C(F)(F)F)c2)c1O. The van der Waals surface area contributed by atoms with Crippen molar-refractivity contribution in [2.24, 2.45) is 0 Å². The topological polar surface area (TPSA) is 102 Å². The Hall–Kier alpha value is -3.23. The van der Waals surface area contributed by atoms with E-state index in [-0.39, 0.29) is 23.4 Å². The molecule has 8 nitrogen and oxygen atoms in total. The number of amides is 1. The summed E-state index contributed by atoms with van der Waals surface area (Å²) in [4.78, 5) is 15.5. The lowest BCUT2D eigenvalue weighted by Crippen LogP contribution is -2.51. The van der Waals surface area contributed by atoms with Crippen LogP contribution < -0.4 is 0 Å². The Bertz CT molecular complexity index is 1220. The zero-order valence-electron chi connectivity index (χ0n) is 21.3. The standard InChI is InChI=1S/C26H31F3N4O4/c1-24-14-32(11-7-5-6-8-19(34)31(3)4)15-25(2,37-24)21-20(24)22(35)33(23(21)36)17-10-9-16(13-30)18(12-17)26(27,28)29/h9-10,12,35-36H,5-8,11,14-15H2,1-4H3. The number of rotatable bonds is 7. The molecule has 2 aromatic rings. The minimum absolute atomic E-state index is 0.0938. The molecule has 0 saturated carbocycles. The summed E-state index contributed by atoms with van der Waals surface area (Å²) in [6, 6.07) is 4.57. The molecule has 37 heavy (non-hydrogen) atoms. The summed E-state index contributed by atoms with van der Waals surface area (Å²) in [5, 5.41) is 31.5. The highest BCUT2D eigenvalue weighted by Crippen LogP contribution is 2.59. The largest absolute Gasteiger partial charge is 0.494 e. The monoisotopic (exact) mass is 520 g/mol. The molecule has 3 heterocycles. The van der Waals surface area contributed by atoms with Gasteiger partial charge in [0, 0.05) is 33.6 Å². The van der Waals surface area contributed by atoms with Crippen LogP contribution in [0, 0.1) is 11.3 Å². The van der Waals surface area contributed by atoms with Gasteiger partial charge in [0.05, 0.1) is 34.0 Å². The number of aromatic nitrogens is 1. The van der Waals surface area contributed by atoms with Gasteiger partial charge in [-0.15, -0.1) is 0 Å². The molecule has 1 amide bonds. The molecular weight excluding hydrogens is 489 g/mol. The second kappa shape index (κ2) is 9.26. The van der Waals surface area contributed by atoms with Crippen molar-refractivity contribution >= 4 is 5.91 Å². The fraction of sp³-hybridized carbons (Fsp3) is 0.538. The number of alkyl halides is 3. The van der Waals surface area contributed by atoms with Gasteiger partial charge in [-0.25, -0.2) is 0 Å². The second-order valence-electron chi connectivity index (χ2n) is 10.4. The zero-order valence-corrected chi connectivity index (χ0v) is 21.3. The van der Waals surface area contributed by atoms with E-state index >= 15 is 0 Å². The van der Waals surface area contributed by atoms with E-state index in [0.29, 0.717) is 30.6 Å². The number of fused-ring (bicyclic) bond motifs is 5. The highest BCUT2D eigenvalue weighted by atomic mass is 19.4. The first kappa shape index (κ1) is 26.8. The summed E-state index contributed by atoms with van der Waals surface area (Å²) in [5.74, 6) is -0.683. The summed E-state index contributed by atoms with van der Waals surface area (Å²) in [5.41, 5.74) is -3.08. The van der Waals surface area contributed by atoms with Crippen LogP contribution in [-0.4, -0.2) is 64.2 Å². The number of nitrogens with zero attached hydrogens (tertiary/aromatic N) is 4. The Balaban J connectivity index is 1.59. The minimum Gasteiger partial charge on any atom is -0.494 e. The van der Waals surface area contributed by atoms with Gasteiger partial charge in [-0.3, -0.25) is 14.3 Å². The molecule has 1 fully saturated rings. The molecule has 1 aromatic carbocycles. The molecule has 11 heteroatoms. The van der Waals surface area contributed by atoms with Gasteiger partial charge >= 0.3 is 6.18 Å². The lowest BCUT2D eigenvalue weighted by atomic mass is 9.94. The number of morpholine rings is 1. The van der Waals surface area contributed by atoms with E-state index in [1.807, 2.05) is 0 Å². The fourth-order valence-electron chi connectivity index (χ4n) is 5.70. The molecule has 2 aliphatic rings. The van der Waals surface area contributed by atoms with Gasteiger partial charge < -0.3 is 19.8 Å². The Morgan fingerprint density at radius 3 is 2.22 bits per heavy atom. The summed E-state index contributed by atoms with van der Waals surface area (Å²) < 4.78 is 47.9. The number of carbonyl (C=O) groups excluding carboxylic acids is 1. The smallest absolute Gasteiger partial charge is 0.417 e. The van der Waals surface area contributed by atoms with Gasteiger partial charge in [0.2, 0.25) is 17.7 Å². The molecule has 4 rings (SSSR count). The third-order valence-electron chi connectivity index (χ3n) is 7.23. The summed E-state index contributed by atoms with van der Waals surface area (Å²) in [6.07, 6.45) is -1.76. The normalized spacial score (nSPS) is 23.1. The summed E-state index contributed by atoms with van der Waals surface area (Å²) in [7, 11) is 3.46. The number of halogens is 3. The van der Waals surface area contributed by atoms with Crippen molar-refractivity contribution in [2.75, 3.05) is 33.7 Å². The molecule has 2 bridgehead atoms. The predicted octanol–water partition coefficient (Wildman–Crippen LogP) is 4.20. The van der Waals surface area contributed by atoms with Crippen molar-refractivity contribution < 1.29 is 32.9 Å². The van der Waals surface area contributed by atoms with Crippen molar-refractivity contribution in [3.05, 3.63) is 40.5 Å². The quantitative estimate of drug-likeness (QED) is 0.531. The first-order valence-electron chi connectivity index (χ1n) is 12.1. The Kier molecular flexibility index (Phi) is 6.71. The average Bonchev–Trinajstić information content (AvgIpc) is 3.17. The number of aromatic hydroxyl groups is 2. The first-order chi connectivity index (χ1) is 17.2. The van der Waals surface area contributed by atoms with Crippen LogP contribution in [0.25, 0.3) is 5.69 Å². The molecule has 2 N–H and O–H groups in total. The van der Waals surface area contributed by atoms with Crippen LogP contribution >= 0.6 is 0 Å². The van der Waals surface area contributed by atoms with Crippen molar-refractivity contribution in [3.63, 3.8) is 0 Å². The average molecular weight is 521 g/mol. The molecule has 0 radical (unpaired) electrons. The van der Waals surface area contributed by atoms with Gasteiger partial charge in [-0.2, -0.15) is 18.4 Å². The van der Waals surface area contributed by atoms with Gasteiger partial charge in [-0.05, 0) is 51.4 Å². The molecule has 2 aliphatic heterocycles. The molecule has 0 spiro atoms. The van der Waals surface area contributed by atoms with Gasteiger partial charge in [0.15, 0.2) is 0 Å². The Labute approximate surface area is 213 Å². The number of unbranched alkanes of at least 4 members (excludes halogenated alkanes) is 2. The van der Waals surface area contributed by atoms with E-state index in [1.165, 1.54) is 12.1 Å². The Morgan fingerprint density at radius 2 is 1.70 bits per heavy atom. The van der Waals surface area contributed by atoms with Crippen LogP contribution in [0.4, 0.5) is 13.2 Å². The van der Waals surface area contributed by atoms with Gasteiger partial charge in [0.1, 0.15) is 11.2 Å². The van der Waals surface area contributed by atoms with E-state index < -0.39 is 28.5 Å². The van der Waals surface area contributed by atoms with Crippen molar-refractivity contribution in [3.8, 4) is 23.5 Å². The predicted molar refractivity (Wildman–Crippen MR) is 128 cm³/mol. The maximum atomic E-state index is 13.5. The molecule has 1 saturated heterocycles. The second-order valence-corrected chi connectivity index (χ2v) is 10.4. The maximum Gasteiger partial charge on any atom is 0.417 e. The summed E-state index contributed by atoms with van der Waals surface area (Å²) in [6.45, 7) is 5.17. The van der Waals surface area contributed by atoms with Crippen LogP contribution in [0.15, 0.2) is 18.2 Å². The lowest BCUT2D eigenvalue weighted by molar-refractivity contribution is -0.186.